The zero-order valence-corrected chi connectivity index (χ0v) is 17.3. The van der Waals surface area contributed by atoms with Crippen LogP contribution >= 0.6 is 0 Å². The van der Waals surface area contributed by atoms with Crippen molar-refractivity contribution in [3.63, 3.8) is 0 Å². The number of benzene rings is 1. The van der Waals surface area contributed by atoms with Crippen LogP contribution in [0.1, 0.15) is 25.8 Å². The van der Waals surface area contributed by atoms with Crippen LogP contribution in [0.15, 0.2) is 58.9 Å². The molecule has 2 unspecified atom stereocenters. The van der Waals surface area contributed by atoms with Crippen molar-refractivity contribution in [1.82, 2.24) is 19.8 Å². The monoisotopic (exact) mass is 403 g/mol. The fraction of sp³-hybridized carbons (Fsp3) is 0.500. The van der Waals surface area contributed by atoms with E-state index < -0.39 is 9.84 Å². The number of nitrogens with zero attached hydrogens (tertiary/aromatic N) is 4. The molecular formula is C20H29N5O2S. The van der Waals surface area contributed by atoms with Crippen molar-refractivity contribution in [2.45, 2.75) is 30.7 Å². The second-order valence-electron chi connectivity index (χ2n) is 7.25. The van der Waals surface area contributed by atoms with Gasteiger partial charge in [0.25, 0.3) is 0 Å². The summed E-state index contributed by atoms with van der Waals surface area (Å²) in [4.78, 5) is 11.2. The Balaban J connectivity index is 1.52. The van der Waals surface area contributed by atoms with Gasteiger partial charge in [-0.05, 0) is 30.9 Å². The highest BCUT2D eigenvalue weighted by Gasteiger charge is 2.28. The van der Waals surface area contributed by atoms with Crippen LogP contribution < -0.4 is 5.32 Å². The number of aromatic nitrogens is 2. The number of sulfone groups is 1. The molecule has 2 heterocycles. The third kappa shape index (κ3) is 4.92. The largest absolute Gasteiger partial charge is 0.356 e. The smallest absolute Gasteiger partial charge is 0.193 e. The summed E-state index contributed by atoms with van der Waals surface area (Å²) in [6, 6.07) is 8.97. The summed E-state index contributed by atoms with van der Waals surface area (Å²) in [7, 11) is -1.47. The number of likely N-dealkylation sites (tertiary alicyclic amines) is 1. The fourth-order valence-electron chi connectivity index (χ4n) is 3.64. The molecule has 1 saturated heterocycles. The SMILES string of the molecule is CN=C(NCCCS(=O)(=O)c1ccccc1)N1CCC(C)C(n2ccnc2)C1. The fourth-order valence-corrected chi connectivity index (χ4v) is 4.97. The maximum absolute atomic E-state index is 12.4. The van der Waals surface area contributed by atoms with E-state index in [1.54, 1.807) is 31.3 Å². The van der Waals surface area contributed by atoms with Crippen LogP contribution in [0.2, 0.25) is 0 Å². The number of hydrogen-bond acceptors (Lipinski definition) is 4. The highest BCUT2D eigenvalue weighted by Crippen LogP contribution is 2.27. The summed E-state index contributed by atoms with van der Waals surface area (Å²) < 4.78 is 26.9. The van der Waals surface area contributed by atoms with Crippen LogP contribution in [0.25, 0.3) is 0 Å². The molecule has 0 aliphatic carbocycles. The molecule has 1 aliphatic heterocycles. The van der Waals surface area contributed by atoms with E-state index in [0.717, 1.165) is 25.5 Å². The van der Waals surface area contributed by atoms with Crippen LogP contribution in [-0.2, 0) is 9.84 Å². The summed E-state index contributed by atoms with van der Waals surface area (Å²) >= 11 is 0. The minimum absolute atomic E-state index is 0.121. The standard InChI is InChI=1S/C20H29N5O2S/c1-17-9-12-24(15-19(17)25-13-11-22-16-25)20(21-2)23-10-6-14-28(26,27)18-7-4-3-5-8-18/h3-5,7-8,11,13,16-17,19H,6,9-10,12,14-15H2,1-2H3,(H,21,23). The van der Waals surface area contributed by atoms with Crippen molar-refractivity contribution in [3.8, 4) is 0 Å². The van der Waals surface area contributed by atoms with Gasteiger partial charge in [0.2, 0.25) is 0 Å². The first kappa shape index (κ1) is 20.4. The lowest BCUT2D eigenvalue weighted by atomic mass is 9.93. The predicted octanol–water partition coefficient (Wildman–Crippen LogP) is 2.21. The molecule has 152 valence electrons. The van der Waals surface area contributed by atoms with Crippen LogP contribution in [0.5, 0.6) is 0 Å². The molecule has 2 aromatic rings. The van der Waals surface area contributed by atoms with Crippen LogP contribution in [0.3, 0.4) is 0 Å². The van der Waals surface area contributed by atoms with E-state index in [0.29, 0.717) is 29.8 Å². The number of hydrogen-bond donors (Lipinski definition) is 1. The van der Waals surface area contributed by atoms with Gasteiger partial charge in [-0.3, -0.25) is 4.99 Å². The van der Waals surface area contributed by atoms with Gasteiger partial charge < -0.3 is 14.8 Å². The Bertz CT molecular complexity index is 865. The summed E-state index contributed by atoms with van der Waals surface area (Å²) in [6.07, 6.45) is 7.30. The normalized spacial score (nSPS) is 20.9. The zero-order chi connectivity index (χ0) is 20.0. The highest BCUT2D eigenvalue weighted by molar-refractivity contribution is 7.91. The Labute approximate surface area is 167 Å². The Morgan fingerprint density at radius 1 is 1.32 bits per heavy atom. The third-order valence-corrected chi connectivity index (χ3v) is 7.13. The number of nitrogens with one attached hydrogen (secondary N) is 1. The van der Waals surface area contributed by atoms with Gasteiger partial charge in [-0.2, -0.15) is 0 Å². The number of imidazole rings is 1. The van der Waals surface area contributed by atoms with Crippen molar-refractivity contribution in [2.75, 3.05) is 32.4 Å². The lowest BCUT2D eigenvalue weighted by Crippen LogP contribution is -2.49. The van der Waals surface area contributed by atoms with E-state index in [1.807, 2.05) is 24.8 Å². The van der Waals surface area contributed by atoms with Crippen molar-refractivity contribution in [1.29, 1.82) is 0 Å². The third-order valence-electron chi connectivity index (χ3n) is 5.31. The molecule has 0 amide bonds. The van der Waals surface area contributed by atoms with Crippen molar-refractivity contribution < 1.29 is 8.42 Å². The average molecular weight is 404 g/mol. The highest BCUT2D eigenvalue weighted by atomic mass is 32.2. The molecule has 1 aliphatic rings. The van der Waals surface area contributed by atoms with E-state index in [4.69, 9.17) is 0 Å². The van der Waals surface area contributed by atoms with E-state index in [-0.39, 0.29) is 5.75 Å². The van der Waals surface area contributed by atoms with Gasteiger partial charge in [-0.25, -0.2) is 13.4 Å². The van der Waals surface area contributed by atoms with Gasteiger partial charge >= 0.3 is 0 Å². The molecule has 0 radical (unpaired) electrons. The molecule has 1 aromatic heterocycles. The van der Waals surface area contributed by atoms with Crippen molar-refractivity contribution >= 4 is 15.8 Å². The number of guanidine groups is 1. The molecule has 1 N–H and O–H groups in total. The van der Waals surface area contributed by atoms with E-state index >= 15 is 0 Å². The Morgan fingerprint density at radius 3 is 2.79 bits per heavy atom. The van der Waals surface area contributed by atoms with Gasteiger partial charge in [-0.15, -0.1) is 0 Å². The quantitative estimate of drug-likeness (QED) is 0.454. The Kier molecular flexibility index (Phi) is 6.72. The Hall–Kier alpha value is -2.35. The van der Waals surface area contributed by atoms with Crippen LogP contribution in [0, 0.1) is 5.92 Å². The van der Waals surface area contributed by atoms with Gasteiger partial charge in [0.1, 0.15) is 0 Å². The molecule has 0 saturated carbocycles. The van der Waals surface area contributed by atoms with Gasteiger partial charge in [-0.1, -0.05) is 25.1 Å². The van der Waals surface area contributed by atoms with E-state index in [1.165, 1.54) is 0 Å². The summed E-state index contributed by atoms with van der Waals surface area (Å²) in [6.45, 7) is 4.64. The molecule has 3 rings (SSSR count). The minimum Gasteiger partial charge on any atom is -0.356 e. The lowest BCUT2D eigenvalue weighted by Gasteiger charge is -2.39. The summed E-state index contributed by atoms with van der Waals surface area (Å²) in [5.74, 6) is 1.52. The minimum atomic E-state index is -3.24. The Morgan fingerprint density at radius 2 is 2.11 bits per heavy atom. The number of rotatable bonds is 6. The topological polar surface area (TPSA) is 79.6 Å². The van der Waals surface area contributed by atoms with Crippen molar-refractivity contribution in [3.05, 3.63) is 49.1 Å². The number of piperidine rings is 1. The van der Waals surface area contributed by atoms with Gasteiger partial charge in [0.15, 0.2) is 15.8 Å². The van der Waals surface area contributed by atoms with Gasteiger partial charge in [0, 0.05) is 39.1 Å². The molecule has 1 fully saturated rings. The molecule has 7 nitrogen and oxygen atoms in total. The molecule has 2 atom stereocenters. The molecular weight excluding hydrogens is 374 g/mol. The lowest BCUT2D eigenvalue weighted by molar-refractivity contribution is 0.189. The molecule has 0 spiro atoms. The second-order valence-corrected chi connectivity index (χ2v) is 9.36. The predicted molar refractivity (Wildman–Crippen MR) is 111 cm³/mol. The summed E-state index contributed by atoms with van der Waals surface area (Å²) in [5.41, 5.74) is 0. The molecule has 0 bridgehead atoms. The average Bonchev–Trinajstić information content (AvgIpc) is 3.24. The van der Waals surface area contributed by atoms with E-state index in [9.17, 15) is 8.42 Å². The first-order valence-corrected chi connectivity index (χ1v) is 11.4. The first-order chi connectivity index (χ1) is 13.5. The van der Waals surface area contributed by atoms with Crippen LogP contribution in [-0.4, -0.2) is 61.3 Å². The van der Waals surface area contributed by atoms with Crippen molar-refractivity contribution in [2.24, 2.45) is 10.9 Å². The zero-order valence-electron chi connectivity index (χ0n) is 16.5. The summed E-state index contributed by atoms with van der Waals surface area (Å²) in [5, 5.41) is 3.33. The van der Waals surface area contributed by atoms with Gasteiger partial charge in [0.05, 0.1) is 23.0 Å². The maximum Gasteiger partial charge on any atom is 0.193 e. The maximum atomic E-state index is 12.4. The molecule has 1 aromatic carbocycles. The molecule has 8 heteroatoms. The van der Waals surface area contributed by atoms with Crippen LogP contribution in [0.4, 0.5) is 0 Å². The number of aliphatic imine (C=N–C) groups is 1. The first-order valence-electron chi connectivity index (χ1n) is 9.72. The molecule has 28 heavy (non-hydrogen) atoms. The second kappa shape index (κ2) is 9.23. The van der Waals surface area contributed by atoms with E-state index in [2.05, 4.69) is 31.7 Å².